The third-order valence-corrected chi connectivity index (χ3v) is 6.20. The highest BCUT2D eigenvalue weighted by molar-refractivity contribution is 14.0. The number of hydrogen-bond donors (Lipinski definition) is 2. The zero-order chi connectivity index (χ0) is 16.8. The fourth-order valence-electron chi connectivity index (χ4n) is 4.98. The van der Waals surface area contributed by atoms with Gasteiger partial charge in [-0.1, -0.05) is 26.2 Å². The monoisotopic (exact) mass is 465 g/mol. The number of rotatable bonds is 8. The van der Waals surface area contributed by atoms with E-state index in [-0.39, 0.29) is 24.0 Å². The summed E-state index contributed by atoms with van der Waals surface area (Å²) in [5, 5.41) is 7.20. The minimum atomic E-state index is 0. The molecule has 2 aliphatic carbocycles. The molecule has 0 radical (unpaired) electrons. The van der Waals surface area contributed by atoms with Gasteiger partial charge in [0.05, 0.1) is 6.10 Å². The van der Waals surface area contributed by atoms with E-state index in [2.05, 4.69) is 22.5 Å². The Morgan fingerprint density at radius 2 is 2.00 bits per heavy atom. The van der Waals surface area contributed by atoms with Gasteiger partial charge in [0.15, 0.2) is 5.96 Å². The molecule has 1 spiro atoms. The Morgan fingerprint density at radius 1 is 1.24 bits per heavy atom. The highest BCUT2D eigenvalue weighted by Crippen LogP contribution is 2.60. The van der Waals surface area contributed by atoms with Crippen LogP contribution < -0.4 is 10.6 Å². The summed E-state index contributed by atoms with van der Waals surface area (Å²) in [6.07, 6.45) is 10.4. The molecule has 0 aromatic heterocycles. The topological polar surface area (TPSA) is 54.9 Å². The molecule has 0 aromatic rings. The summed E-state index contributed by atoms with van der Waals surface area (Å²) in [6.45, 7) is 5.76. The maximum atomic E-state index is 6.06. The SMILES string of the molecule is CCCCOCCCNC(=NC)NC1C2CCOC2C12CCCC2.I. The van der Waals surface area contributed by atoms with E-state index >= 15 is 0 Å². The van der Waals surface area contributed by atoms with E-state index < -0.39 is 0 Å². The number of aliphatic imine (C=N–C) groups is 1. The van der Waals surface area contributed by atoms with Gasteiger partial charge in [-0.2, -0.15) is 0 Å². The molecular weight excluding hydrogens is 429 g/mol. The third-order valence-electron chi connectivity index (χ3n) is 6.20. The number of hydrogen-bond acceptors (Lipinski definition) is 3. The first kappa shape index (κ1) is 21.2. The average molecular weight is 465 g/mol. The summed E-state index contributed by atoms with van der Waals surface area (Å²) in [5.74, 6) is 1.63. The van der Waals surface area contributed by atoms with Gasteiger partial charge in [-0.3, -0.25) is 4.99 Å². The van der Waals surface area contributed by atoms with E-state index in [1.165, 1.54) is 38.5 Å². The number of nitrogens with one attached hydrogen (secondary N) is 2. The number of fused-ring (bicyclic) bond motifs is 2. The van der Waals surface area contributed by atoms with Gasteiger partial charge in [-0.25, -0.2) is 0 Å². The van der Waals surface area contributed by atoms with Gasteiger partial charge in [0.2, 0.25) is 0 Å². The van der Waals surface area contributed by atoms with Crippen molar-refractivity contribution >= 4 is 29.9 Å². The second-order valence-corrected chi connectivity index (χ2v) is 7.62. The van der Waals surface area contributed by atoms with Gasteiger partial charge in [0.1, 0.15) is 0 Å². The van der Waals surface area contributed by atoms with Gasteiger partial charge in [0.25, 0.3) is 0 Å². The zero-order valence-electron chi connectivity index (χ0n) is 15.9. The summed E-state index contributed by atoms with van der Waals surface area (Å²) >= 11 is 0. The first-order chi connectivity index (χ1) is 11.8. The second-order valence-electron chi connectivity index (χ2n) is 7.62. The predicted octanol–water partition coefficient (Wildman–Crippen LogP) is 3.32. The van der Waals surface area contributed by atoms with Crippen molar-refractivity contribution in [3.8, 4) is 0 Å². The molecule has 1 saturated heterocycles. The van der Waals surface area contributed by atoms with Crippen molar-refractivity contribution in [2.24, 2.45) is 16.3 Å². The van der Waals surface area contributed by atoms with E-state index in [9.17, 15) is 0 Å². The lowest BCUT2D eigenvalue weighted by Crippen LogP contribution is -2.69. The van der Waals surface area contributed by atoms with Crippen LogP contribution in [-0.4, -0.2) is 51.5 Å². The number of unbranched alkanes of at least 4 members (excludes halogenated alkanes) is 1. The molecule has 3 atom stereocenters. The first-order valence-corrected chi connectivity index (χ1v) is 9.98. The van der Waals surface area contributed by atoms with E-state index in [1.54, 1.807) is 0 Å². The fourth-order valence-corrected chi connectivity index (χ4v) is 4.98. The van der Waals surface area contributed by atoms with Crippen LogP contribution in [0.4, 0.5) is 0 Å². The average Bonchev–Trinajstić information content (AvgIpc) is 3.25. The third kappa shape index (κ3) is 4.61. The van der Waals surface area contributed by atoms with Crippen LogP contribution in [0.25, 0.3) is 0 Å². The van der Waals surface area contributed by atoms with Crippen LogP contribution in [0.1, 0.15) is 58.3 Å². The minimum Gasteiger partial charge on any atom is -0.381 e. The Kier molecular flexibility index (Phi) is 8.75. The lowest BCUT2D eigenvalue weighted by molar-refractivity contribution is -0.125. The van der Waals surface area contributed by atoms with Crippen molar-refractivity contribution in [3.63, 3.8) is 0 Å². The molecule has 2 N–H and O–H groups in total. The molecule has 2 saturated carbocycles. The van der Waals surface area contributed by atoms with Gasteiger partial charge < -0.3 is 20.1 Å². The molecule has 3 rings (SSSR count). The van der Waals surface area contributed by atoms with Crippen LogP contribution in [-0.2, 0) is 9.47 Å². The first-order valence-electron chi connectivity index (χ1n) is 9.98. The van der Waals surface area contributed by atoms with Crippen LogP contribution in [0, 0.1) is 11.3 Å². The Balaban J connectivity index is 0.00000225. The standard InChI is InChI=1S/C19H35N3O2.HI/c1-3-4-12-23-13-7-11-21-18(20-2)22-16-15-8-14-24-17(15)19(16)9-5-6-10-19;/h15-17H,3-14H2,1-2H3,(H2,20,21,22);1H. The van der Waals surface area contributed by atoms with Crippen molar-refractivity contribution in [1.29, 1.82) is 0 Å². The van der Waals surface area contributed by atoms with E-state index in [0.717, 1.165) is 45.2 Å². The predicted molar refractivity (Wildman–Crippen MR) is 113 cm³/mol. The minimum absolute atomic E-state index is 0. The van der Waals surface area contributed by atoms with Crippen LogP contribution in [0.5, 0.6) is 0 Å². The lowest BCUT2D eigenvalue weighted by Gasteiger charge is -2.57. The molecule has 5 nitrogen and oxygen atoms in total. The van der Waals surface area contributed by atoms with E-state index in [1.807, 2.05) is 7.05 Å². The maximum absolute atomic E-state index is 6.06. The zero-order valence-corrected chi connectivity index (χ0v) is 18.2. The summed E-state index contributed by atoms with van der Waals surface area (Å²) in [4.78, 5) is 4.44. The van der Waals surface area contributed by atoms with Crippen LogP contribution in [0.15, 0.2) is 4.99 Å². The van der Waals surface area contributed by atoms with Crippen molar-refractivity contribution in [2.45, 2.75) is 70.4 Å². The summed E-state index contributed by atoms with van der Waals surface area (Å²) in [6, 6.07) is 0.541. The van der Waals surface area contributed by atoms with E-state index in [4.69, 9.17) is 9.47 Å². The summed E-state index contributed by atoms with van der Waals surface area (Å²) in [7, 11) is 1.87. The van der Waals surface area contributed by atoms with Gasteiger partial charge in [-0.15, -0.1) is 24.0 Å². The normalized spacial score (nSPS) is 29.8. The second kappa shape index (κ2) is 10.3. The molecule has 1 aliphatic heterocycles. The van der Waals surface area contributed by atoms with Crippen molar-refractivity contribution in [3.05, 3.63) is 0 Å². The molecule has 3 unspecified atom stereocenters. The fraction of sp³-hybridized carbons (Fsp3) is 0.947. The maximum Gasteiger partial charge on any atom is 0.191 e. The number of halogens is 1. The Bertz CT molecular complexity index is 427. The van der Waals surface area contributed by atoms with Crippen LogP contribution >= 0.6 is 24.0 Å². The summed E-state index contributed by atoms with van der Waals surface area (Å²) in [5.41, 5.74) is 0.377. The molecular formula is C19H36IN3O2. The number of nitrogens with zero attached hydrogens (tertiary/aromatic N) is 1. The molecule has 1 heterocycles. The van der Waals surface area contributed by atoms with Gasteiger partial charge in [0, 0.05) is 50.8 Å². The van der Waals surface area contributed by atoms with Crippen molar-refractivity contribution in [1.82, 2.24) is 10.6 Å². The summed E-state index contributed by atoms with van der Waals surface area (Å²) < 4.78 is 11.7. The van der Waals surface area contributed by atoms with Crippen molar-refractivity contribution in [2.75, 3.05) is 33.4 Å². The molecule has 146 valence electrons. The molecule has 3 fully saturated rings. The smallest absolute Gasteiger partial charge is 0.191 e. The largest absolute Gasteiger partial charge is 0.381 e. The quantitative estimate of drug-likeness (QED) is 0.250. The highest BCUT2D eigenvalue weighted by Gasteiger charge is 2.65. The molecule has 6 heteroatoms. The highest BCUT2D eigenvalue weighted by atomic mass is 127. The molecule has 0 aromatic carbocycles. The molecule has 0 bridgehead atoms. The Hall–Kier alpha value is -0.0800. The number of ether oxygens (including phenoxy) is 2. The van der Waals surface area contributed by atoms with Crippen LogP contribution in [0.2, 0.25) is 0 Å². The van der Waals surface area contributed by atoms with Crippen molar-refractivity contribution < 1.29 is 9.47 Å². The van der Waals surface area contributed by atoms with Gasteiger partial charge >= 0.3 is 0 Å². The van der Waals surface area contributed by atoms with E-state index in [0.29, 0.717) is 23.5 Å². The Morgan fingerprint density at radius 3 is 2.72 bits per heavy atom. The van der Waals surface area contributed by atoms with Gasteiger partial charge in [-0.05, 0) is 32.1 Å². The molecule has 3 aliphatic rings. The Labute approximate surface area is 170 Å². The number of guanidine groups is 1. The molecule has 25 heavy (non-hydrogen) atoms. The van der Waals surface area contributed by atoms with Crippen LogP contribution in [0.3, 0.4) is 0 Å². The molecule has 0 amide bonds. The lowest BCUT2D eigenvalue weighted by atomic mass is 9.54.